The highest BCUT2D eigenvalue weighted by Crippen LogP contribution is 2.29. The minimum Gasteiger partial charge on any atom is -0.478 e. The topological polar surface area (TPSA) is 87.6 Å². The molecule has 37 heavy (non-hydrogen) atoms. The van der Waals surface area contributed by atoms with Gasteiger partial charge in [-0.2, -0.15) is 0 Å². The molecule has 6 nitrogen and oxygen atoms in total. The summed E-state index contributed by atoms with van der Waals surface area (Å²) in [7, 11) is -3.63. The van der Waals surface area contributed by atoms with Gasteiger partial charge < -0.3 is 10.0 Å². The van der Waals surface area contributed by atoms with Crippen LogP contribution in [0, 0.1) is 6.92 Å². The summed E-state index contributed by atoms with van der Waals surface area (Å²) in [5, 5.41) is 11.2. The van der Waals surface area contributed by atoms with E-state index in [9.17, 15) is 13.2 Å². The average molecular weight is 513 g/mol. The van der Waals surface area contributed by atoms with Gasteiger partial charge in [-0.15, -0.1) is 0 Å². The molecule has 1 aliphatic rings. The largest absolute Gasteiger partial charge is 0.478 e. The molecule has 0 atom stereocenters. The van der Waals surface area contributed by atoms with Crippen LogP contribution in [0.4, 0.5) is 5.82 Å². The van der Waals surface area contributed by atoms with Crippen molar-refractivity contribution in [2.24, 2.45) is 0 Å². The molecular weight excluding hydrogens is 484 g/mol. The van der Waals surface area contributed by atoms with Gasteiger partial charge in [0.15, 0.2) is 9.84 Å². The second kappa shape index (κ2) is 10.2. The first-order chi connectivity index (χ1) is 17.8. The molecule has 188 valence electrons. The summed E-state index contributed by atoms with van der Waals surface area (Å²) in [4.78, 5) is 17.9. The molecule has 1 N–H and O–H groups in total. The first kappa shape index (κ1) is 24.7. The van der Waals surface area contributed by atoms with Crippen LogP contribution in [0.5, 0.6) is 0 Å². The lowest BCUT2D eigenvalue weighted by Crippen LogP contribution is -2.19. The third-order valence-electron chi connectivity index (χ3n) is 6.88. The number of carboxylic acid groups (broad SMARTS) is 1. The van der Waals surface area contributed by atoms with E-state index in [-0.39, 0.29) is 16.2 Å². The van der Waals surface area contributed by atoms with Gasteiger partial charge in [-0.25, -0.2) is 18.2 Å². The zero-order valence-electron chi connectivity index (χ0n) is 20.6. The van der Waals surface area contributed by atoms with Gasteiger partial charge in [0.05, 0.1) is 16.2 Å². The second-order valence-corrected chi connectivity index (χ2v) is 11.4. The molecule has 4 aromatic rings. The number of pyridine rings is 1. The summed E-state index contributed by atoms with van der Waals surface area (Å²) >= 11 is 0. The molecule has 0 unspecified atom stereocenters. The Morgan fingerprint density at radius 3 is 2.57 bits per heavy atom. The molecule has 0 spiro atoms. The minimum absolute atomic E-state index is 0.0490. The summed E-state index contributed by atoms with van der Waals surface area (Å²) in [5.41, 5.74) is 5.01. The van der Waals surface area contributed by atoms with Gasteiger partial charge in [0.1, 0.15) is 5.82 Å². The number of aryl methyl sites for hydroxylation is 3. The Balaban J connectivity index is 1.45. The standard InChI is InChI=1S/C30H28N2O4S/c1-21-28-9-3-2-6-26(28)19-31-29(21)32(20-22-10-11-23-7-4-8-25(23)18-22)16-5-17-37(35,36)27-14-12-24(13-15-27)30(33)34/h2-3,5-6,9-16,18-19H,4,7-8,17,20H2,1H3,(H,33,34). The maximum Gasteiger partial charge on any atom is 0.335 e. The molecule has 0 bridgehead atoms. The van der Waals surface area contributed by atoms with Gasteiger partial charge >= 0.3 is 5.97 Å². The Labute approximate surface area is 216 Å². The van der Waals surface area contributed by atoms with E-state index in [1.54, 1.807) is 12.3 Å². The Morgan fingerprint density at radius 2 is 1.78 bits per heavy atom. The van der Waals surface area contributed by atoms with Crippen molar-refractivity contribution >= 4 is 32.4 Å². The zero-order chi connectivity index (χ0) is 26.0. The van der Waals surface area contributed by atoms with Crippen molar-refractivity contribution in [3.05, 3.63) is 113 Å². The van der Waals surface area contributed by atoms with Crippen LogP contribution in [0.25, 0.3) is 10.8 Å². The number of nitrogens with zero attached hydrogens (tertiary/aromatic N) is 2. The quantitative estimate of drug-likeness (QED) is 0.325. The maximum absolute atomic E-state index is 12.9. The Bertz CT molecular complexity index is 1610. The monoisotopic (exact) mass is 512 g/mol. The molecule has 0 aliphatic heterocycles. The van der Waals surface area contributed by atoms with E-state index >= 15 is 0 Å². The van der Waals surface area contributed by atoms with Crippen molar-refractivity contribution in [3.8, 4) is 0 Å². The van der Waals surface area contributed by atoms with Crippen LogP contribution in [0.3, 0.4) is 0 Å². The van der Waals surface area contributed by atoms with Crippen LogP contribution in [-0.4, -0.2) is 30.2 Å². The predicted molar refractivity (Wildman–Crippen MR) is 146 cm³/mol. The second-order valence-electron chi connectivity index (χ2n) is 9.37. The van der Waals surface area contributed by atoms with Crippen LogP contribution in [0.15, 0.2) is 90.1 Å². The van der Waals surface area contributed by atoms with Gasteiger partial charge in [-0.1, -0.05) is 48.5 Å². The average Bonchev–Trinajstić information content (AvgIpc) is 3.37. The fraction of sp³-hybridized carbons (Fsp3) is 0.200. The molecule has 1 aliphatic carbocycles. The van der Waals surface area contributed by atoms with Crippen LogP contribution >= 0.6 is 0 Å². The maximum atomic E-state index is 12.9. The van der Waals surface area contributed by atoms with E-state index in [2.05, 4.69) is 24.3 Å². The minimum atomic E-state index is -3.63. The molecule has 0 radical (unpaired) electrons. The summed E-state index contributed by atoms with van der Waals surface area (Å²) in [6, 6.07) is 20.0. The highest BCUT2D eigenvalue weighted by Gasteiger charge is 2.17. The van der Waals surface area contributed by atoms with Crippen LogP contribution in [0.1, 0.15) is 39.0 Å². The summed E-state index contributed by atoms with van der Waals surface area (Å²) < 4.78 is 25.9. The van der Waals surface area contributed by atoms with Crippen molar-refractivity contribution in [2.75, 3.05) is 10.7 Å². The normalized spacial score (nSPS) is 13.2. The van der Waals surface area contributed by atoms with E-state index < -0.39 is 15.8 Å². The highest BCUT2D eigenvalue weighted by molar-refractivity contribution is 7.91. The Hall–Kier alpha value is -3.97. The molecule has 1 aromatic heterocycles. The number of aromatic carboxylic acids is 1. The van der Waals surface area contributed by atoms with E-state index in [4.69, 9.17) is 10.1 Å². The molecule has 0 fully saturated rings. The predicted octanol–water partition coefficient (Wildman–Crippen LogP) is 5.72. The molecule has 5 rings (SSSR count). The summed E-state index contributed by atoms with van der Waals surface area (Å²) in [5.74, 6) is -0.532. The summed E-state index contributed by atoms with van der Waals surface area (Å²) in [6.07, 6.45) is 8.66. The fourth-order valence-electron chi connectivity index (χ4n) is 4.91. The SMILES string of the molecule is Cc1c(N(C=CCS(=O)(=O)c2ccc(C(=O)O)cc2)Cc2ccc3c(c2)CCC3)ncc2ccccc12. The van der Waals surface area contributed by atoms with Crippen molar-refractivity contribution in [3.63, 3.8) is 0 Å². The van der Waals surface area contributed by atoms with Crippen LogP contribution in [-0.2, 0) is 29.2 Å². The number of carboxylic acids is 1. The third-order valence-corrected chi connectivity index (χ3v) is 8.50. The van der Waals surface area contributed by atoms with Crippen LogP contribution < -0.4 is 4.90 Å². The number of anilines is 1. The first-order valence-corrected chi connectivity index (χ1v) is 13.9. The van der Waals surface area contributed by atoms with Crippen LogP contribution in [0.2, 0.25) is 0 Å². The molecule has 0 saturated heterocycles. The third kappa shape index (κ3) is 5.27. The van der Waals surface area contributed by atoms with E-state index in [0.29, 0.717) is 6.54 Å². The number of hydrogen-bond acceptors (Lipinski definition) is 5. The number of benzene rings is 3. The molecule has 7 heteroatoms. The van der Waals surface area contributed by atoms with Gasteiger partial charge in [0, 0.05) is 24.3 Å². The first-order valence-electron chi connectivity index (χ1n) is 12.3. The lowest BCUT2D eigenvalue weighted by Gasteiger charge is -2.23. The number of aromatic nitrogens is 1. The number of hydrogen-bond donors (Lipinski definition) is 1. The van der Waals surface area contributed by atoms with E-state index in [1.165, 1.54) is 41.8 Å². The molecule has 0 amide bonds. The van der Waals surface area contributed by atoms with Gasteiger partial charge in [-0.3, -0.25) is 0 Å². The Kier molecular flexibility index (Phi) is 6.80. The number of sulfone groups is 1. The molecule has 0 saturated carbocycles. The smallest absolute Gasteiger partial charge is 0.335 e. The van der Waals surface area contributed by atoms with Gasteiger partial charge in [0.25, 0.3) is 0 Å². The van der Waals surface area contributed by atoms with Crippen molar-refractivity contribution < 1.29 is 18.3 Å². The van der Waals surface area contributed by atoms with Crippen molar-refractivity contribution in [1.29, 1.82) is 0 Å². The fourth-order valence-corrected chi connectivity index (χ4v) is 5.99. The molecule has 3 aromatic carbocycles. The van der Waals surface area contributed by atoms with E-state index in [0.717, 1.165) is 40.6 Å². The number of fused-ring (bicyclic) bond motifs is 2. The van der Waals surface area contributed by atoms with Gasteiger partial charge in [0.2, 0.25) is 0 Å². The number of carbonyl (C=O) groups is 1. The van der Waals surface area contributed by atoms with Gasteiger partial charge in [-0.05, 0) is 78.1 Å². The molecular formula is C30H28N2O4S. The Morgan fingerprint density at radius 1 is 1.03 bits per heavy atom. The lowest BCUT2D eigenvalue weighted by atomic mass is 10.1. The van der Waals surface area contributed by atoms with E-state index in [1.807, 2.05) is 36.2 Å². The number of rotatable bonds is 8. The van der Waals surface area contributed by atoms with Crippen molar-refractivity contribution in [1.82, 2.24) is 4.98 Å². The lowest BCUT2D eigenvalue weighted by molar-refractivity contribution is 0.0696. The molecule has 1 heterocycles. The zero-order valence-corrected chi connectivity index (χ0v) is 21.4. The summed E-state index contributed by atoms with van der Waals surface area (Å²) in [6.45, 7) is 2.60. The van der Waals surface area contributed by atoms with Crippen molar-refractivity contribution in [2.45, 2.75) is 37.6 Å². The highest BCUT2D eigenvalue weighted by atomic mass is 32.2.